The molecule has 17 heavy (non-hydrogen) atoms. The van der Waals surface area contributed by atoms with E-state index in [4.69, 9.17) is 5.73 Å². The Balaban J connectivity index is 2.15. The predicted octanol–water partition coefficient (Wildman–Crippen LogP) is 5.04. The summed E-state index contributed by atoms with van der Waals surface area (Å²) in [6.45, 7) is 2.34. The topological polar surface area (TPSA) is 26.0 Å². The van der Waals surface area contributed by atoms with Crippen molar-refractivity contribution in [1.82, 2.24) is 0 Å². The van der Waals surface area contributed by atoms with Gasteiger partial charge in [-0.3, -0.25) is 0 Å². The highest BCUT2D eigenvalue weighted by molar-refractivity contribution is 9.11. The number of hydrogen-bond acceptors (Lipinski definition) is 1. The second-order valence-electron chi connectivity index (χ2n) is 5.26. The van der Waals surface area contributed by atoms with Crippen molar-refractivity contribution in [2.45, 2.75) is 38.6 Å². The number of rotatable bonds is 2. The van der Waals surface area contributed by atoms with Gasteiger partial charge in [0.15, 0.2) is 0 Å². The summed E-state index contributed by atoms with van der Waals surface area (Å²) in [5.74, 6) is 1.47. The summed E-state index contributed by atoms with van der Waals surface area (Å²) in [4.78, 5) is 0. The zero-order valence-electron chi connectivity index (χ0n) is 10.1. The lowest BCUT2D eigenvalue weighted by Crippen LogP contribution is -2.26. The van der Waals surface area contributed by atoms with Gasteiger partial charge in [0.25, 0.3) is 0 Å². The van der Waals surface area contributed by atoms with Gasteiger partial charge in [-0.05, 0) is 48.4 Å². The average Bonchev–Trinajstić information content (AvgIpc) is 2.26. The summed E-state index contributed by atoms with van der Waals surface area (Å²) in [5.41, 5.74) is 7.67. The van der Waals surface area contributed by atoms with Gasteiger partial charge in [0.05, 0.1) is 0 Å². The van der Waals surface area contributed by atoms with Crippen LogP contribution in [0.25, 0.3) is 0 Å². The Morgan fingerprint density at radius 3 is 2.41 bits per heavy atom. The van der Waals surface area contributed by atoms with Gasteiger partial charge in [-0.2, -0.15) is 0 Å². The molecule has 1 aromatic rings. The van der Waals surface area contributed by atoms with Crippen molar-refractivity contribution in [2.24, 2.45) is 17.6 Å². The van der Waals surface area contributed by atoms with E-state index in [2.05, 4.69) is 57.0 Å². The molecule has 3 atom stereocenters. The van der Waals surface area contributed by atoms with E-state index in [9.17, 15) is 0 Å². The van der Waals surface area contributed by atoms with Crippen molar-refractivity contribution in [3.8, 4) is 0 Å². The molecule has 94 valence electrons. The minimum atomic E-state index is 0.173. The Bertz CT molecular complexity index is 372. The number of hydrogen-bond donors (Lipinski definition) is 1. The van der Waals surface area contributed by atoms with E-state index >= 15 is 0 Å². The van der Waals surface area contributed by atoms with E-state index in [1.54, 1.807) is 0 Å². The molecule has 1 aromatic carbocycles. The molecule has 1 nitrogen and oxygen atoms in total. The van der Waals surface area contributed by atoms with E-state index in [0.717, 1.165) is 14.9 Å². The van der Waals surface area contributed by atoms with Crippen LogP contribution in [0.1, 0.15) is 44.2 Å². The van der Waals surface area contributed by atoms with Crippen molar-refractivity contribution in [2.75, 3.05) is 0 Å². The lowest BCUT2D eigenvalue weighted by molar-refractivity contribution is 0.248. The predicted molar refractivity (Wildman–Crippen MR) is 79.9 cm³/mol. The zero-order valence-corrected chi connectivity index (χ0v) is 13.3. The molecule has 2 rings (SSSR count). The molecule has 3 heteroatoms. The molecule has 0 aromatic heterocycles. The van der Waals surface area contributed by atoms with E-state index in [-0.39, 0.29) is 6.04 Å². The molecular weight excluding hydrogens is 342 g/mol. The van der Waals surface area contributed by atoms with Gasteiger partial charge < -0.3 is 5.73 Å². The van der Waals surface area contributed by atoms with E-state index in [0.29, 0.717) is 5.92 Å². The van der Waals surface area contributed by atoms with Gasteiger partial charge >= 0.3 is 0 Å². The largest absolute Gasteiger partial charge is 0.324 e. The van der Waals surface area contributed by atoms with Crippen LogP contribution in [0, 0.1) is 11.8 Å². The van der Waals surface area contributed by atoms with Crippen molar-refractivity contribution in [3.63, 3.8) is 0 Å². The molecule has 0 spiro atoms. The molecule has 2 N–H and O–H groups in total. The Kier molecular flexibility index (Phi) is 4.67. The summed E-state index contributed by atoms with van der Waals surface area (Å²) in [5, 5.41) is 0. The fourth-order valence-electron chi connectivity index (χ4n) is 2.85. The molecule has 0 aliphatic heterocycles. The fraction of sp³-hybridized carbons (Fsp3) is 0.571. The highest BCUT2D eigenvalue weighted by Gasteiger charge is 2.25. The number of halogens is 2. The first-order chi connectivity index (χ1) is 8.06. The van der Waals surface area contributed by atoms with Crippen molar-refractivity contribution < 1.29 is 0 Å². The molecular formula is C14H19Br2N. The lowest BCUT2D eigenvalue weighted by Gasteiger charge is -2.31. The third-order valence-corrected chi connectivity index (χ3v) is 4.67. The average molecular weight is 361 g/mol. The third-order valence-electron chi connectivity index (χ3n) is 3.75. The third kappa shape index (κ3) is 3.55. The standard InChI is InChI=1S/C14H19Br2N/c1-9-3-2-4-10(5-9)14(17)11-6-12(15)8-13(16)7-11/h6-10,14H,2-5,17H2,1H3. The van der Waals surface area contributed by atoms with E-state index < -0.39 is 0 Å². The van der Waals surface area contributed by atoms with E-state index in [1.165, 1.54) is 31.2 Å². The first-order valence-electron chi connectivity index (χ1n) is 6.28. The van der Waals surface area contributed by atoms with Gasteiger partial charge in [-0.25, -0.2) is 0 Å². The SMILES string of the molecule is CC1CCCC(C(N)c2cc(Br)cc(Br)c2)C1. The Morgan fingerprint density at radius 1 is 1.18 bits per heavy atom. The minimum absolute atomic E-state index is 0.173. The lowest BCUT2D eigenvalue weighted by atomic mass is 9.77. The minimum Gasteiger partial charge on any atom is -0.324 e. The smallest absolute Gasteiger partial charge is 0.0324 e. The van der Waals surface area contributed by atoms with Crippen LogP contribution in [0.15, 0.2) is 27.1 Å². The molecule has 1 fully saturated rings. The quantitative estimate of drug-likeness (QED) is 0.785. The first-order valence-corrected chi connectivity index (χ1v) is 7.86. The molecule has 1 aliphatic carbocycles. The molecule has 1 aliphatic rings. The molecule has 0 bridgehead atoms. The van der Waals surface area contributed by atoms with Gasteiger partial charge in [-0.15, -0.1) is 0 Å². The van der Waals surface area contributed by atoms with Crippen LogP contribution in [0.3, 0.4) is 0 Å². The van der Waals surface area contributed by atoms with Crippen LogP contribution in [0.5, 0.6) is 0 Å². The summed E-state index contributed by atoms with van der Waals surface area (Å²) >= 11 is 7.06. The van der Waals surface area contributed by atoms with Crippen molar-refractivity contribution in [1.29, 1.82) is 0 Å². The summed E-state index contributed by atoms with van der Waals surface area (Å²) in [6.07, 6.45) is 5.24. The molecule has 0 saturated heterocycles. The van der Waals surface area contributed by atoms with Crippen LogP contribution in [0.4, 0.5) is 0 Å². The summed E-state index contributed by atoms with van der Waals surface area (Å²) in [6, 6.07) is 6.52. The Labute approximate surface area is 120 Å². The van der Waals surface area contributed by atoms with Gasteiger partial charge in [-0.1, -0.05) is 51.6 Å². The molecule has 3 unspecified atom stereocenters. The number of benzene rings is 1. The van der Waals surface area contributed by atoms with Gasteiger partial charge in [0.1, 0.15) is 0 Å². The van der Waals surface area contributed by atoms with Crippen LogP contribution in [-0.4, -0.2) is 0 Å². The second-order valence-corrected chi connectivity index (χ2v) is 7.09. The van der Waals surface area contributed by atoms with Crippen molar-refractivity contribution in [3.05, 3.63) is 32.7 Å². The Morgan fingerprint density at radius 2 is 1.82 bits per heavy atom. The maximum absolute atomic E-state index is 6.43. The van der Waals surface area contributed by atoms with Crippen molar-refractivity contribution >= 4 is 31.9 Å². The second kappa shape index (κ2) is 5.85. The molecule has 1 saturated carbocycles. The molecule has 0 heterocycles. The normalized spacial score (nSPS) is 26.8. The maximum atomic E-state index is 6.43. The summed E-state index contributed by atoms with van der Waals surface area (Å²) in [7, 11) is 0. The maximum Gasteiger partial charge on any atom is 0.0324 e. The Hall–Kier alpha value is 0.140. The van der Waals surface area contributed by atoms with Crippen LogP contribution >= 0.6 is 31.9 Å². The van der Waals surface area contributed by atoms with E-state index in [1.807, 2.05) is 0 Å². The van der Waals surface area contributed by atoms with Crippen LogP contribution < -0.4 is 5.73 Å². The van der Waals surface area contributed by atoms with Gasteiger partial charge in [0, 0.05) is 15.0 Å². The molecule has 0 amide bonds. The number of nitrogens with two attached hydrogens (primary N) is 1. The fourth-order valence-corrected chi connectivity index (χ4v) is 4.18. The summed E-state index contributed by atoms with van der Waals surface area (Å²) < 4.78 is 2.20. The molecule has 0 radical (unpaired) electrons. The monoisotopic (exact) mass is 359 g/mol. The van der Waals surface area contributed by atoms with Gasteiger partial charge in [0.2, 0.25) is 0 Å². The first kappa shape index (κ1) is 13.6. The highest BCUT2D eigenvalue weighted by atomic mass is 79.9. The van der Waals surface area contributed by atoms with Crippen LogP contribution in [-0.2, 0) is 0 Å². The zero-order chi connectivity index (χ0) is 12.4. The van der Waals surface area contributed by atoms with Crippen LogP contribution in [0.2, 0.25) is 0 Å². The highest BCUT2D eigenvalue weighted by Crippen LogP contribution is 2.37.